The minimum Gasteiger partial charge on any atom is -0.475 e. The van der Waals surface area contributed by atoms with E-state index in [4.69, 9.17) is 13.9 Å². The van der Waals surface area contributed by atoms with Crippen LogP contribution in [0.5, 0.6) is 5.88 Å². The van der Waals surface area contributed by atoms with Crippen molar-refractivity contribution in [3.05, 3.63) is 35.7 Å². The molecular weight excluding hydrogens is 312 g/mol. The third kappa shape index (κ3) is 3.53. The number of hydrogen-bond donors (Lipinski definition) is 0. The van der Waals surface area contributed by atoms with Gasteiger partial charge < -0.3 is 18.8 Å². The van der Waals surface area contributed by atoms with Gasteiger partial charge in [-0.05, 0) is 19.9 Å². The fraction of sp³-hybridized carbons (Fsp3) is 0.500. The first-order valence-electron chi connectivity index (χ1n) is 7.86. The highest BCUT2D eigenvalue weighted by molar-refractivity contribution is 5.94. The van der Waals surface area contributed by atoms with Crippen LogP contribution in [0, 0.1) is 6.92 Å². The van der Waals surface area contributed by atoms with Gasteiger partial charge in [-0.15, -0.1) is 10.2 Å². The van der Waals surface area contributed by atoms with Crippen LogP contribution in [0.15, 0.2) is 22.7 Å². The van der Waals surface area contributed by atoms with Crippen LogP contribution in [0.3, 0.4) is 0 Å². The summed E-state index contributed by atoms with van der Waals surface area (Å²) >= 11 is 0. The molecule has 0 saturated carbocycles. The minimum absolute atomic E-state index is 0.0136. The Morgan fingerprint density at radius 2 is 2.25 bits per heavy atom. The van der Waals surface area contributed by atoms with Gasteiger partial charge in [-0.1, -0.05) is 0 Å². The Hall–Kier alpha value is -2.48. The van der Waals surface area contributed by atoms with Gasteiger partial charge in [-0.2, -0.15) is 0 Å². The zero-order valence-corrected chi connectivity index (χ0v) is 13.9. The molecule has 0 N–H and O–H groups in total. The topological polar surface area (TPSA) is 90.6 Å². The van der Waals surface area contributed by atoms with Gasteiger partial charge in [-0.25, -0.2) is 4.98 Å². The predicted molar refractivity (Wildman–Crippen MR) is 83.6 cm³/mol. The summed E-state index contributed by atoms with van der Waals surface area (Å²) in [7, 11) is 0. The summed E-state index contributed by atoms with van der Waals surface area (Å²) in [5.74, 6) is 1.12. The number of ether oxygens (including phenoxy) is 2. The van der Waals surface area contributed by atoms with E-state index in [1.807, 2.05) is 13.8 Å². The summed E-state index contributed by atoms with van der Waals surface area (Å²) < 4.78 is 16.5. The second-order valence-corrected chi connectivity index (χ2v) is 5.80. The molecule has 1 fully saturated rings. The molecule has 0 aliphatic carbocycles. The quantitative estimate of drug-likeness (QED) is 0.842. The summed E-state index contributed by atoms with van der Waals surface area (Å²) in [6, 6.07) is 2.92. The van der Waals surface area contributed by atoms with E-state index in [-0.39, 0.29) is 12.0 Å². The second-order valence-electron chi connectivity index (χ2n) is 5.80. The molecule has 128 valence electrons. The Morgan fingerprint density at radius 3 is 2.96 bits per heavy atom. The van der Waals surface area contributed by atoms with E-state index in [0.717, 1.165) is 0 Å². The number of morpholine rings is 1. The summed E-state index contributed by atoms with van der Waals surface area (Å²) in [5.41, 5.74) is 0.504. The van der Waals surface area contributed by atoms with Gasteiger partial charge >= 0.3 is 0 Å². The largest absolute Gasteiger partial charge is 0.475 e. The molecule has 1 amide bonds. The molecular formula is C16H20N4O4. The van der Waals surface area contributed by atoms with Gasteiger partial charge in [0.2, 0.25) is 17.7 Å². The van der Waals surface area contributed by atoms with Crippen LogP contribution < -0.4 is 4.74 Å². The highest BCUT2D eigenvalue weighted by Crippen LogP contribution is 2.25. The van der Waals surface area contributed by atoms with Crippen molar-refractivity contribution in [2.45, 2.75) is 32.9 Å². The van der Waals surface area contributed by atoms with E-state index in [2.05, 4.69) is 15.2 Å². The molecule has 0 unspecified atom stereocenters. The van der Waals surface area contributed by atoms with E-state index in [1.54, 1.807) is 30.2 Å². The molecule has 2 aromatic heterocycles. The average molecular weight is 332 g/mol. The number of nitrogens with zero attached hydrogens (tertiary/aromatic N) is 4. The third-order valence-electron chi connectivity index (χ3n) is 3.55. The van der Waals surface area contributed by atoms with Crippen molar-refractivity contribution in [1.29, 1.82) is 0 Å². The second kappa shape index (κ2) is 6.96. The number of rotatable bonds is 4. The molecule has 3 heterocycles. The summed E-state index contributed by atoms with van der Waals surface area (Å²) in [5, 5.41) is 7.86. The smallest absolute Gasteiger partial charge is 0.254 e. The highest BCUT2D eigenvalue weighted by atomic mass is 16.5. The first-order chi connectivity index (χ1) is 11.5. The van der Waals surface area contributed by atoms with Crippen molar-refractivity contribution in [1.82, 2.24) is 20.1 Å². The van der Waals surface area contributed by atoms with Crippen molar-refractivity contribution >= 4 is 5.91 Å². The number of carbonyl (C=O) groups excluding carboxylic acids is 1. The van der Waals surface area contributed by atoms with Crippen LogP contribution in [0.2, 0.25) is 0 Å². The van der Waals surface area contributed by atoms with Gasteiger partial charge in [-0.3, -0.25) is 4.79 Å². The fourth-order valence-electron chi connectivity index (χ4n) is 2.51. The summed E-state index contributed by atoms with van der Waals surface area (Å²) in [6.45, 7) is 6.78. The Kier molecular flexibility index (Phi) is 4.75. The van der Waals surface area contributed by atoms with Crippen molar-refractivity contribution in [3.63, 3.8) is 0 Å². The van der Waals surface area contributed by atoms with Crippen LogP contribution in [-0.4, -0.2) is 51.9 Å². The van der Waals surface area contributed by atoms with Gasteiger partial charge in [0.05, 0.1) is 19.3 Å². The van der Waals surface area contributed by atoms with Crippen LogP contribution in [-0.2, 0) is 4.74 Å². The highest BCUT2D eigenvalue weighted by Gasteiger charge is 2.33. The standard InChI is InChI=1S/C16H20N4O4/c1-10(2)23-14-8-12(4-5-17-14)16(21)20-6-7-22-9-13(20)15-19-18-11(3)24-15/h4-5,8,10,13H,6-7,9H2,1-3H3/t13-/m1/s1. The first-order valence-corrected chi connectivity index (χ1v) is 7.86. The van der Waals surface area contributed by atoms with Crippen molar-refractivity contribution in [2.24, 2.45) is 0 Å². The number of hydrogen-bond acceptors (Lipinski definition) is 7. The number of aryl methyl sites for hydroxylation is 1. The zero-order chi connectivity index (χ0) is 17.1. The molecule has 8 heteroatoms. The van der Waals surface area contributed by atoms with E-state index < -0.39 is 6.04 Å². The zero-order valence-electron chi connectivity index (χ0n) is 13.9. The molecule has 2 aromatic rings. The fourth-order valence-corrected chi connectivity index (χ4v) is 2.51. The van der Waals surface area contributed by atoms with Crippen LogP contribution in [0.25, 0.3) is 0 Å². The maximum absolute atomic E-state index is 12.9. The summed E-state index contributed by atoms with van der Waals surface area (Å²) in [4.78, 5) is 18.7. The maximum Gasteiger partial charge on any atom is 0.254 e. The molecule has 3 rings (SSSR count). The lowest BCUT2D eigenvalue weighted by molar-refractivity contribution is -0.0106. The Labute approximate surface area is 139 Å². The molecule has 0 radical (unpaired) electrons. The minimum atomic E-state index is -0.393. The molecule has 1 aliphatic rings. The predicted octanol–water partition coefficient (Wildman–Crippen LogP) is 1.77. The number of carbonyl (C=O) groups is 1. The van der Waals surface area contributed by atoms with E-state index >= 15 is 0 Å². The van der Waals surface area contributed by atoms with Gasteiger partial charge in [0.25, 0.3) is 5.91 Å². The van der Waals surface area contributed by atoms with Crippen LogP contribution in [0.1, 0.15) is 42.0 Å². The number of pyridine rings is 1. The van der Waals surface area contributed by atoms with E-state index in [9.17, 15) is 4.79 Å². The molecule has 1 saturated heterocycles. The molecule has 1 aliphatic heterocycles. The Balaban J connectivity index is 1.84. The SMILES string of the molecule is Cc1nnc([C@H]2COCCN2C(=O)c2ccnc(OC(C)C)c2)o1. The number of amides is 1. The lowest BCUT2D eigenvalue weighted by Gasteiger charge is -2.33. The van der Waals surface area contributed by atoms with Gasteiger partial charge in [0, 0.05) is 31.3 Å². The van der Waals surface area contributed by atoms with Gasteiger partial charge in [0.15, 0.2) is 0 Å². The lowest BCUT2D eigenvalue weighted by Crippen LogP contribution is -2.43. The molecule has 0 aromatic carbocycles. The van der Waals surface area contributed by atoms with Crippen molar-refractivity contribution < 1.29 is 18.7 Å². The number of aromatic nitrogens is 3. The Morgan fingerprint density at radius 1 is 1.42 bits per heavy atom. The average Bonchev–Trinajstić information content (AvgIpc) is 3.00. The lowest BCUT2D eigenvalue weighted by atomic mass is 10.1. The molecule has 24 heavy (non-hydrogen) atoms. The van der Waals surface area contributed by atoms with Crippen LogP contribution >= 0.6 is 0 Å². The Bertz CT molecular complexity index is 716. The van der Waals surface area contributed by atoms with Crippen LogP contribution in [0.4, 0.5) is 0 Å². The molecule has 0 spiro atoms. The van der Waals surface area contributed by atoms with Crippen molar-refractivity contribution in [2.75, 3.05) is 19.8 Å². The third-order valence-corrected chi connectivity index (χ3v) is 3.55. The molecule has 0 bridgehead atoms. The maximum atomic E-state index is 12.9. The first kappa shape index (κ1) is 16.4. The monoisotopic (exact) mass is 332 g/mol. The van der Waals surface area contributed by atoms with E-state index in [0.29, 0.717) is 43.0 Å². The normalized spacial score (nSPS) is 18.0. The molecule has 1 atom stereocenters. The van der Waals surface area contributed by atoms with E-state index in [1.165, 1.54) is 0 Å². The van der Waals surface area contributed by atoms with Crippen molar-refractivity contribution in [3.8, 4) is 5.88 Å². The van der Waals surface area contributed by atoms with Gasteiger partial charge in [0.1, 0.15) is 6.04 Å². The molecule has 8 nitrogen and oxygen atoms in total. The summed E-state index contributed by atoms with van der Waals surface area (Å²) in [6.07, 6.45) is 1.55.